The molecule has 1 saturated heterocycles. The molecule has 58 valence electrons. The highest BCUT2D eigenvalue weighted by atomic mass is 16.6. The van der Waals surface area contributed by atoms with Gasteiger partial charge in [0.1, 0.15) is 6.10 Å². The fourth-order valence-electron chi connectivity index (χ4n) is 1.11. The van der Waals surface area contributed by atoms with Gasteiger partial charge >= 0.3 is 6.09 Å². The normalized spacial score (nSPS) is 25.3. The van der Waals surface area contributed by atoms with E-state index >= 15 is 0 Å². The van der Waals surface area contributed by atoms with E-state index in [2.05, 4.69) is 12.2 Å². The van der Waals surface area contributed by atoms with Gasteiger partial charge in [0, 0.05) is 13.0 Å². The predicted molar refractivity (Wildman–Crippen MR) is 37.8 cm³/mol. The molecule has 0 radical (unpaired) electrons. The van der Waals surface area contributed by atoms with Gasteiger partial charge in [-0.15, -0.1) is 0 Å². The van der Waals surface area contributed by atoms with Crippen LogP contribution in [0.4, 0.5) is 4.79 Å². The maximum absolute atomic E-state index is 10.6. The molecule has 10 heavy (non-hydrogen) atoms. The van der Waals surface area contributed by atoms with Crippen molar-refractivity contribution in [2.45, 2.75) is 32.3 Å². The number of rotatable bonds is 2. The van der Waals surface area contributed by atoms with E-state index in [0.717, 1.165) is 25.8 Å². The van der Waals surface area contributed by atoms with E-state index < -0.39 is 0 Å². The zero-order chi connectivity index (χ0) is 7.40. The summed E-state index contributed by atoms with van der Waals surface area (Å²) in [4.78, 5) is 10.6. The van der Waals surface area contributed by atoms with E-state index in [0.29, 0.717) is 0 Å². The number of ether oxygens (including phenoxy) is 1. The highest BCUT2D eigenvalue weighted by molar-refractivity contribution is 5.67. The maximum atomic E-state index is 10.6. The van der Waals surface area contributed by atoms with Gasteiger partial charge in [0.05, 0.1) is 0 Å². The Bertz CT molecular complexity index is 123. The highest BCUT2D eigenvalue weighted by Crippen LogP contribution is 2.09. The molecule has 1 aliphatic heterocycles. The topological polar surface area (TPSA) is 38.3 Å². The zero-order valence-corrected chi connectivity index (χ0v) is 6.22. The van der Waals surface area contributed by atoms with Crippen LogP contribution in [-0.4, -0.2) is 18.7 Å². The minimum absolute atomic E-state index is 0.166. The fourth-order valence-corrected chi connectivity index (χ4v) is 1.11. The summed E-state index contributed by atoms with van der Waals surface area (Å²) < 4.78 is 4.98. The predicted octanol–water partition coefficient (Wildman–Crippen LogP) is 1.28. The van der Waals surface area contributed by atoms with Crippen molar-refractivity contribution in [3.8, 4) is 0 Å². The van der Waals surface area contributed by atoms with Crippen molar-refractivity contribution in [3.05, 3.63) is 0 Å². The van der Waals surface area contributed by atoms with Crippen molar-refractivity contribution in [1.29, 1.82) is 0 Å². The lowest BCUT2D eigenvalue weighted by Gasteiger charge is -2.22. The molecule has 3 nitrogen and oxygen atoms in total. The molecule has 1 aliphatic rings. The summed E-state index contributed by atoms with van der Waals surface area (Å²) in [5.41, 5.74) is 0. The van der Waals surface area contributed by atoms with E-state index in [9.17, 15) is 4.79 Å². The quantitative estimate of drug-likeness (QED) is 0.632. The van der Waals surface area contributed by atoms with Crippen molar-refractivity contribution in [3.63, 3.8) is 0 Å². The second kappa shape index (κ2) is 3.44. The van der Waals surface area contributed by atoms with Crippen molar-refractivity contribution in [2.75, 3.05) is 6.54 Å². The molecule has 1 N–H and O–H groups in total. The number of amides is 1. The Morgan fingerprint density at radius 2 is 2.60 bits per heavy atom. The molecule has 1 rings (SSSR count). The van der Waals surface area contributed by atoms with E-state index in [4.69, 9.17) is 4.74 Å². The number of hydrogen-bond donors (Lipinski definition) is 1. The molecule has 3 heteroatoms. The maximum Gasteiger partial charge on any atom is 0.407 e. The fraction of sp³-hybridized carbons (Fsp3) is 0.857. The standard InChI is InChI=1S/C7H13NO2/c1-2-3-6-4-5-8-7(9)10-6/h6H,2-5H2,1H3,(H,8,9). The minimum Gasteiger partial charge on any atom is -0.446 e. The van der Waals surface area contributed by atoms with Crippen LogP contribution in [0.2, 0.25) is 0 Å². The van der Waals surface area contributed by atoms with Gasteiger partial charge in [-0.05, 0) is 6.42 Å². The van der Waals surface area contributed by atoms with Crippen molar-refractivity contribution in [1.82, 2.24) is 5.32 Å². The van der Waals surface area contributed by atoms with Crippen LogP contribution in [0, 0.1) is 0 Å². The second-order valence-electron chi connectivity index (χ2n) is 2.53. The molecule has 0 spiro atoms. The first-order valence-corrected chi connectivity index (χ1v) is 3.77. The lowest BCUT2D eigenvalue weighted by atomic mass is 10.1. The first-order chi connectivity index (χ1) is 4.83. The first kappa shape index (κ1) is 7.38. The summed E-state index contributed by atoms with van der Waals surface area (Å²) in [5, 5.41) is 2.61. The van der Waals surface area contributed by atoms with Crippen LogP contribution in [0.1, 0.15) is 26.2 Å². The number of cyclic esters (lactones) is 1. The Hall–Kier alpha value is -0.730. The Labute approximate surface area is 60.7 Å². The lowest BCUT2D eigenvalue weighted by Crippen LogP contribution is -2.37. The van der Waals surface area contributed by atoms with Crippen LogP contribution in [0.25, 0.3) is 0 Å². The van der Waals surface area contributed by atoms with Crippen molar-refractivity contribution >= 4 is 6.09 Å². The average molecular weight is 143 g/mol. The van der Waals surface area contributed by atoms with E-state index in [1.54, 1.807) is 0 Å². The van der Waals surface area contributed by atoms with E-state index in [1.807, 2.05) is 0 Å². The monoisotopic (exact) mass is 143 g/mol. The van der Waals surface area contributed by atoms with E-state index in [1.165, 1.54) is 0 Å². The van der Waals surface area contributed by atoms with Gasteiger partial charge in [-0.25, -0.2) is 4.79 Å². The summed E-state index contributed by atoms with van der Waals surface area (Å²) >= 11 is 0. The number of alkyl carbamates (subject to hydrolysis) is 1. The number of carbonyl (C=O) groups is 1. The van der Waals surface area contributed by atoms with Crippen LogP contribution in [-0.2, 0) is 4.74 Å². The Kier molecular flexibility index (Phi) is 2.54. The molecular weight excluding hydrogens is 130 g/mol. The van der Waals surface area contributed by atoms with Gasteiger partial charge in [-0.2, -0.15) is 0 Å². The number of nitrogens with one attached hydrogen (secondary N) is 1. The SMILES string of the molecule is CCCC1CCNC(=O)O1. The smallest absolute Gasteiger partial charge is 0.407 e. The third kappa shape index (κ3) is 1.90. The second-order valence-corrected chi connectivity index (χ2v) is 2.53. The largest absolute Gasteiger partial charge is 0.446 e. The third-order valence-electron chi connectivity index (χ3n) is 1.62. The van der Waals surface area contributed by atoms with Gasteiger partial charge in [0.15, 0.2) is 0 Å². The van der Waals surface area contributed by atoms with Gasteiger partial charge in [0.25, 0.3) is 0 Å². The molecule has 1 amide bonds. The molecule has 0 aromatic carbocycles. The molecular formula is C7H13NO2. The van der Waals surface area contributed by atoms with Gasteiger partial charge in [-0.3, -0.25) is 0 Å². The first-order valence-electron chi connectivity index (χ1n) is 3.77. The molecule has 1 heterocycles. The lowest BCUT2D eigenvalue weighted by molar-refractivity contribution is 0.0690. The third-order valence-corrected chi connectivity index (χ3v) is 1.62. The molecule has 1 fully saturated rings. The van der Waals surface area contributed by atoms with Crippen LogP contribution < -0.4 is 5.32 Å². The van der Waals surface area contributed by atoms with Crippen molar-refractivity contribution in [2.24, 2.45) is 0 Å². The molecule has 0 bridgehead atoms. The Morgan fingerprint density at radius 3 is 3.20 bits per heavy atom. The van der Waals surface area contributed by atoms with Crippen molar-refractivity contribution < 1.29 is 9.53 Å². The van der Waals surface area contributed by atoms with Crippen LogP contribution in [0.5, 0.6) is 0 Å². The summed E-state index contributed by atoms with van der Waals surface area (Å²) in [6.45, 7) is 2.86. The van der Waals surface area contributed by atoms with Crippen LogP contribution in [0.3, 0.4) is 0 Å². The molecule has 0 aliphatic carbocycles. The summed E-state index contributed by atoms with van der Waals surface area (Å²) in [7, 11) is 0. The minimum atomic E-state index is -0.260. The van der Waals surface area contributed by atoms with E-state index in [-0.39, 0.29) is 12.2 Å². The molecule has 0 aromatic heterocycles. The zero-order valence-electron chi connectivity index (χ0n) is 6.22. The summed E-state index contributed by atoms with van der Waals surface area (Å²) in [6.07, 6.45) is 2.94. The molecule has 0 aromatic rings. The highest BCUT2D eigenvalue weighted by Gasteiger charge is 2.17. The summed E-state index contributed by atoms with van der Waals surface area (Å²) in [6, 6.07) is 0. The Balaban J connectivity index is 2.25. The number of hydrogen-bond acceptors (Lipinski definition) is 2. The van der Waals surface area contributed by atoms with Gasteiger partial charge in [0.2, 0.25) is 0 Å². The molecule has 1 unspecified atom stereocenters. The Morgan fingerprint density at radius 1 is 1.80 bits per heavy atom. The van der Waals surface area contributed by atoms with Gasteiger partial charge < -0.3 is 10.1 Å². The summed E-state index contributed by atoms with van der Waals surface area (Å²) in [5.74, 6) is 0. The molecule has 1 atom stereocenters. The van der Waals surface area contributed by atoms with Crippen LogP contribution >= 0.6 is 0 Å². The molecule has 0 saturated carbocycles. The van der Waals surface area contributed by atoms with Crippen LogP contribution in [0.15, 0.2) is 0 Å². The number of carbonyl (C=O) groups excluding carboxylic acids is 1. The average Bonchev–Trinajstić information content (AvgIpc) is 1.88. The van der Waals surface area contributed by atoms with Gasteiger partial charge in [-0.1, -0.05) is 13.3 Å².